The molecule has 0 bridgehead atoms. The predicted octanol–water partition coefficient (Wildman–Crippen LogP) is 0.922. The van der Waals surface area contributed by atoms with E-state index in [1.807, 2.05) is 0 Å². The van der Waals surface area contributed by atoms with Crippen LogP contribution in [-0.4, -0.2) is 43.9 Å². The third-order valence-corrected chi connectivity index (χ3v) is 5.01. The van der Waals surface area contributed by atoms with Crippen molar-refractivity contribution in [2.75, 3.05) is 26.2 Å². The summed E-state index contributed by atoms with van der Waals surface area (Å²) < 4.78 is 51.1. The quantitative estimate of drug-likeness (QED) is 0.899. The van der Waals surface area contributed by atoms with Gasteiger partial charge in [0, 0.05) is 26.2 Å². The summed E-state index contributed by atoms with van der Waals surface area (Å²) in [6.45, 7) is 3.35. The minimum Gasteiger partial charge on any atom is -0.314 e. The Balaban J connectivity index is 2.35. The van der Waals surface area contributed by atoms with Crippen LogP contribution >= 0.6 is 0 Å². The predicted molar refractivity (Wildman–Crippen MR) is 65.6 cm³/mol. The summed E-state index contributed by atoms with van der Waals surface area (Å²) in [6.07, 6.45) is -2.70. The summed E-state index contributed by atoms with van der Waals surface area (Å²) in [6, 6.07) is 2.27. The van der Waals surface area contributed by atoms with Crippen LogP contribution in [0.4, 0.5) is 8.78 Å². The second-order valence-electron chi connectivity index (χ2n) is 4.27. The van der Waals surface area contributed by atoms with Gasteiger partial charge in [-0.25, -0.2) is 17.2 Å². The van der Waals surface area contributed by atoms with Crippen molar-refractivity contribution < 1.29 is 17.2 Å². The van der Waals surface area contributed by atoms with Gasteiger partial charge in [0.2, 0.25) is 10.0 Å². The van der Waals surface area contributed by atoms with E-state index in [9.17, 15) is 17.2 Å². The molecule has 1 aromatic rings. The third-order valence-electron chi connectivity index (χ3n) is 2.98. The molecule has 1 fully saturated rings. The van der Waals surface area contributed by atoms with Gasteiger partial charge in [0.25, 0.3) is 6.43 Å². The second kappa shape index (κ2) is 5.48. The summed E-state index contributed by atoms with van der Waals surface area (Å²) in [4.78, 5) is 3.66. The van der Waals surface area contributed by atoms with Crippen molar-refractivity contribution in [3.05, 3.63) is 23.5 Å². The van der Waals surface area contributed by atoms with Crippen LogP contribution in [-0.2, 0) is 10.0 Å². The van der Waals surface area contributed by atoms with Gasteiger partial charge in [0.15, 0.2) is 0 Å². The number of hydrogen-bond acceptors (Lipinski definition) is 4. The fourth-order valence-electron chi connectivity index (χ4n) is 1.99. The van der Waals surface area contributed by atoms with Crippen molar-refractivity contribution in [1.82, 2.24) is 14.6 Å². The molecule has 0 unspecified atom stereocenters. The molecular weight excluding hydrogens is 276 g/mol. The monoisotopic (exact) mass is 291 g/mol. The average Bonchev–Trinajstić information content (AvgIpc) is 2.39. The molecule has 0 atom stereocenters. The largest absolute Gasteiger partial charge is 0.314 e. The molecule has 1 aliphatic heterocycles. The summed E-state index contributed by atoms with van der Waals surface area (Å²) in [5.74, 6) is 0. The Bertz CT molecular complexity index is 557. The minimum absolute atomic E-state index is 0.00111. The zero-order valence-corrected chi connectivity index (χ0v) is 11.3. The van der Waals surface area contributed by atoms with Gasteiger partial charge in [0.05, 0.1) is 5.69 Å². The topological polar surface area (TPSA) is 62.3 Å². The van der Waals surface area contributed by atoms with Crippen LogP contribution in [0.5, 0.6) is 0 Å². The normalized spacial score (nSPS) is 17.9. The molecule has 2 heterocycles. The minimum atomic E-state index is -3.65. The Hall–Kier alpha value is -1.12. The zero-order valence-electron chi connectivity index (χ0n) is 10.4. The fourth-order valence-corrected chi connectivity index (χ4v) is 3.59. The van der Waals surface area contributed by atoms with Gasteiger partial charge in [-0.1, -0.05) is 0 Å². The number of rotatable bonds is 3. The number of aromatic nitrogens is 1. The van der Waals surface area contributed by atoms with E-state index < -0.39 is 22.1 Å². The third kappa shape index (κ3) is 2.90. The maximum atomic E-state index is 12.5. The molecule has 1 aliphatic rings. The van der Waals surface area contributed by atoms with Gasteiger partial charge in [-0.15, -0.1) is 0 Å². The van der Waals surface area contributed by atoms with E-state index in [0.717, 1.165) is 6.07 Å². The molecule has 1 N–H and O–H groups in total. The maximum absolute atomic E-state index is 12.5. The molecule has 0 amide bonds. The molecule has 0 aromatic carbocycles. The molecule has 19 heavy (non-hydrogen) atoms. The SMILES string of the molecule is Cc1nc(C(F)F)ccc1S(=O)(=O)N1CCNCC1. The molecule has 1 saturated heterocycles. The van der Waals surface area contributed by atoms with Crippen molar-refractivity contribution >= 4 is 10.0 Å². The lowest BCUT2D eigenvalue weighted by atomic mass is 10.3. The molecule has 8 heteroatoms. The molecule has 2 rings (SSSR count). The Morgan fingerprint density at radius 3 is 2.47 bits per heavy atom. The highest BCUT2D eigenvalue weighted by atomic mass is 32.2. The molecule has 5 nitrogen and oxygen atoms in total. The number of nitrogens with one attached hydrogen (secondary N) is 1. The Morgan fingerprint density at radius 2 is 1.95 bits per heavy atom. The number of alkyl halides is 2. The first kappa shape index (κ1) is 14.3. The Kier molecular flexibility index (Phi) is 4.12. The van der Waals surface area contributed by atoms with Crippen LogP contribution in [0.2, 0.25) is 0 Å². The van der Waals surface area contributed by atoms with Crippen LogP contribution in [0.25, 0.3) is 0 Å². The zero-order chi connectivity index (χ0) is 14.0. The Morgan fingerprint density at radius 1 is 1.32 bits per heavy atom. The summed E-state index contributed by atoms with van der Waals surface area (Å²) >= 11 is 0. The standard InChI is InChI=1S/C11H15F2N3O2S/c1-8-10(3-2-9(15-8)11(12)13)19(17,18)16-6-4-14-5-7-16/h2-3,11,14H,4-7H2,1H3. The number of pyridine rings is 1. The molecule has 0 saturated carbocycles. The highest BCUT2D eigenvalue weighted by Crippen LogP contribution is 2.23. The van der Waals surface area contributed by atoms with E-state index >= 15 is 0 Å². The van der Waals surface area contributed by atoms with E-state index in [0.29, 0.717) is 26.2 Å². The molecule has 106 valence electrons. The van der Waals surface area contributed by atoms with E-state index in [1.54, 1.807) is 0 Å². The van der Waals surface area contributed by atoms with Gasteiger partial charge in [0.1, 0.15) is 10.6 Å². The van der Waals surface area contributed by atoms with Gasteiger partial charge < -0.3 is 5.32 Å². The number of halogens is 2. The highest BCUT2D eigenvalue weighted by Gasteiger charge is 2.28. The molecule has 0 spiro atoms. The molecule has 1 aromatic heterocycles. The lowest BCUT2D eigenvalue weighted by Gasteiger charge is -2.27. The van der Waals surface area contributed by atoms with E-state index in [2.05, 4.69) is 10.3 Å². The molecule has 0 radical (unpaired) electrons. The van der Waals surface area contributed by atoms with Crippen LogP contribution < -0.4 is 5.32 Å². The van der Waals surface area contributed by atoms with Gasteiger partial charge in [-0.2, -0.15) is 4.31 Å². The summed E-state index contributed by atoms with van der Waals surface area (Å²) in [5, 5.41) is 3.06. The van der Waals surface area contributed by atoms with E-state index in [1.165, 1.54) is 17.3 Å². The van der Waals surface area contributed by atoms with Crippen molar-refractivity contribution in [3.63, 3.8) is 0 Å². The lowest BCUT2D eigenvalue weighted by Crippen LogP contribution is -2.46. The Labute approximate surface area is 110 Å². The number of piperazine rings is 1. The number of sulfonamides is 1. The van der Waals surface area contributed by atoms with Crippen molar-refractivity contribution in [1.29, 1.82) is 0 Å². The van der Waals surface area contributed by atoms with E-state index in [4.69, 9.17) is 0 Å². The highest BCUT2D eigenvalue weighted by molar-refractivity contribution is 7.89. The second-order valence-corrected chi connectivity index (χ2v) is 6.18. The smallest absolute Gasteiger partial charge is 0.280 e. The van der Waals surface area contributed by atoms with Crippen LogP contribution in [0, 0.1) is 6.92 Å². The van der Waals surface area contributed by atoms with Crippen molar-refractivity contribution in [3.8, 4) is 0 Å². The fraction of sp³-hybridized carbons (Fsp3) is 0.545. The van der Waals surface area contributed by atoms with Gasteiger partial charge in [-0.3, -0.25) is 4.98 Å². The van der Waals surface area contributed by atoms with Gasteiger partial charge >= 0.3 is 0 Å². The average molecular weight is 291 g/mol. The first-order valence-electron chi connectivity index (χ1n) is 5.89. The van der Waals surface area contributed by atoms with Crippen LogP contribution in [0.3, 0.4) is 0 Å². The van der Waals surface area contributed by atoms with Crippen LogP contribution in [0.15, 0.2) is 17.0 Å². The summed E-state index contributed by atoms with van der Waals surface area (Å²) in [5.41, 5.74) is -0.298. The van der Waals surface area contributed by atoms with E-state index in [-0.39, 0.29) is 10.6 Å². The maximum Gasteiger partial charge on any atom is 0.280 e. The van der Waals surface area contributed by atoms with Crippen LogP contribution in [0.1, 0.15) is 17.8 Å². The first-order valence-corrected chi connectivity index (χ1v) is 7.33. The molecular formula is C11H15F2N3O2S. The molecule has 0 aliphatic carbocycles. The number of aryl methyl sites for hydroxylation is 1. The lowest BCUT2D eigenvalue weighted by molar-refractivity contribution is 0.145. The van der Waals surface area contributed by atoms with Crippen molar-refractivity contribution in [2.45, 2.75) is 18.2 Å². The number of nitrogens with zero attached hydrogens (tertiary/aromatic N) is 2. The number of hydrogen-bond donors (Lipinski definition) is 1. The van der Waals surface area contributed by atoms with Crippen molar-refractivity contribution in [2.24, 2.45) is 0 Å². The first-order chi connectivity index (χ1) is 8.93. The van der Waals surface area contributed by atoms with Gasteiger partial charge in [-0.05, 0) is 19.1 Å². The summed E-state index contributed by atoms with van der Waals surface area (Å²) in [7, 11) is -3.65.